The summed E-state index contributed by atoms with van der Waals surface area (Å²) in [6, 6.07) is 16.0. The predicted octanol–water partition coefficient (Wildman–Crippen LogP) is 5.95. The van der Waals surface area contributed by atoms with Gasteiger partial charge in [0.1, 0.15) is 0 Å². The van der Waals surface area contributed by atoms with Crippen LogP contribution in [-0.2, 0) is 6.18 Å². The smallest absolute Gasteiger partial charge is 0.406 e. The van der Waals surface area contributed by atoms with E-state index in [0.717, 1.165) is 6.20 Å². The quantitative estimate of drug-likeness (QED) is 0.421. The van der Waals surface area contributed by atoms with Gasteiger partial charge in [-0.2, -0.15) is 18.3 Å². The number of hydrogen-bond acceptors (Lipinski definition) is 3. The summed E-state index contributed by atoms with van der Waals surface area (Å²) in [6.45, 7) is 0. The summed E-state index contributed by atoms with van der Waals surface area (Å²) in [4.78, 5) is 12.4. The number of hydrogen-bond donors (Lipinski definition) is 1. The van der Waals surface area contributed by atoms with Crippen LogP contribution in [0.2, 0.25) is 5.02 Å². The van der Waals surface area contributed by atoms with Crippen molar-refractivity contribution in [2.45, 2.75) is 6.18 Å². The Morgan fingerprint density at radius 2 is 1.68 bits per heavy atom. The van der Waals surface area contributed by atoms with E-state index < -0.39 is 23.7 Å². The zero-order valence-electron chi connectivity index (χ0n) is 15.7. The van der Waals surface area contributed by atoms with Crippen LogP contribution < -0.4 is 10.1 Å². The highest BCUT2D eigenvalue weighted by Gasteiger charge is 2.40. The second-order valence-corrected chi connectivity index (χ2v) is 6.80. The maximum absolute atomic E-state index is 13.7. The highest BCUT2D eigenvalue weighted by Crippen LogP contribution is 2.38. The number of amides is 1. The lowest BCUT2D eigenvalue weighted by atomic mass is 10.2. The van der Waals surface area contributed by atoms with Gasteiger partial charge in [0.15, 0.2) is 11.4 Å². The zero-order valence-corrected chi connectivity index (χ0v) is 16.4. The molecule has 0 saturated heterocycles. The molecule has 31 heavy (non-hydrogen) atoms. The third kappa shape index (κ3) is 4.41. The number of alkyl halides is 3. The minimum atomic E-state index is -4.82. The molecular formula is C21H14ClF3N4O2. The van der Waals surface area contributed by atoms with Gasteiger partial charge in [0.05, 0.1) is 23.3 Å². The van der Waals surface area contributed by atoms with Crippen molar-refractivity contribution in [2.24, 2.45) is 0 Å². The third-order valence-electron chi connectivity index (χ3n) is 4.30. The van der Waals surface area contributed by atoms with E-state index in [4.69, 9.17) is 16.3 Å². The van der Waals surface area contributed by atoms with Crippen molar-refractivity contribution in [3.8, 4) is 17.1 Å². The average Bonchev–Trinajstić information content (AvgIpc) is 3.39. The molecule has 0 aliphatic carbocycles. The van der Waals surface area contributed by atoms with Gasteiger partial charge >= 0.3 is 12.3 Å². The van der Waals surface area contributed by atoms with Gasteiger partial charge in [0.25, 0.3) is 0 Å². The van der Waals surface area contributed by atoms with Crippen molar-refractivity contribution in [3.05, 3.63) is 90.0 Å². The molecule has 1 N–H and O–H groups in total. The highest BCUT2D eigenvalue weighted by molar-refractivity contribution is 6.30. The number of carbonyl (C=O) groups is 1. The van der Waals surface area contributed by atoms with E-state index in [1.54, 1.807) is 53.4 Å². The number of aromatic nitrogens is 3. The van der Waals surface area contributed by atoms with Crippen LogP contribution in [0.15, 0.2) is 79.3 Å². The normalized spacial score (nSPS) is 11.4. The average molecular weight is 447 g/mol. The Morgan fingerprint density at radius 1 is 1.00 bits per heavy atom. The molecule has 2 heterocycles. The lowest BCUT2D eigenvalue weighted by molar-refractivity contribution is -0.143. The summed E-state index contributed by atoms with van der Waals surface area (Å²) >= 11 is 5.80. The molecule has 0 spiro atoms. The number of rotatable bonds is 4. The number of para-hydroxylation sites is 2. The summed E-state index contributed by atoms with van der Waals surface area (Å²) in [6.07, 6.45) is -1.53. The Hall–Kier alpha value is -3.72. The zero-order chi connectivity index (χ0) is 22.0. The predicted molar refractivity (Wildman–Crippen MR) is 109 cm³/mol. The molecule has 0 radical (unpaired) electrons. The minimum Gasteiger partial charge on any atom is -0.406 e. The van der Waals surface area contributed by atoms with Gasteiger partial charge in [-0.15, -0.1) is 0 Å². The monoisotopic (exact) mass is 446 g/mol. The van der Waals surface area contributed by atoms with Crippen LogP contribution in [0.25, 0.3) is 11.4 Å². The number of carbonyl (C=O) groups excluding carboxylic acids is 1. The highest BCUT2D eigenvalue weighted by atomic mass is 35.5. The van der Waals surface area contributed by atoms with Crippen molar-refractivity contribution in [1.82, 2.24) is 14.3 Å². The van der Waals surface area contributed by atoms with Gasteiger partial charge in [-0.3, -0.25) is 5.32 Å². The summed E-state index contributed by atoms with van der Waals surface area (Å²) in [7, 11) is 0. The second-order valence-electron chi connectivity index (χ2n) is 6.37. The first-order valence-electron chi connectivity index (χ1n) is 8.95. The molecule has 0 bridgehead atoms. The van der Waals surface area contributed by atoms with Crippen molar-refractivity contribution in [1.29, 1.82) is 0 Å². The number of nitrogens with one attached hydrogen (secondary N) is 1. The standard InChI is InChI=1S/C21H14ClF3N4O2/c22-14-7-9-15(10-8-14)29-19(21(23,24)25)18(13-26-29)31-20(30)27-16-5-1-2-6-17(16)28-11-3-4-12-28/h1-13H,(H,27,30). The molecule has 10 heteroatoms. The van der Waals surface area contributed by atoms with Crippen LogP contribution in [-0.4, -0.2) is 20.4 Å². The number of ether oxygens (including phenoxy) is 1. The van der Waals surface area contributed by atoms with E-state index in [1.807, 2.05) is 0 Å². The van der Waals surface area contributed by atoms with E-state index >= 15 is 0 Å². The summed E-state index contributed by atoms with van der Waals surface area (Å²) in [5.41, 5.74) is -0.117. The van der Waals surface area contributed by atoms with Gasteiger partial charge in [-0.1, -0.05) is 23.7 Å². The van der Waals surface area contributed by atoms with E-state index in [1.165, 1.54) is 24.3 Å². The fourth-order valence-electron chi connectivity index (χ4n) is 2.98. The fraction of sp³-hybridized carbons (Fsp3) is 0.0476. The minimum absolute atomic E-state index is 0.116. The maximum atomic E-state index is 13.7. The summed E-state index contributed by atoms with van der Waals surface area (Å²) < 4.78 is 48.6. The second kappa shape index (κ2) is 8.19. The topological polar surface area (TPSA) is 61.1 Å². The number of nitrogens with zero attached hydrogens (tertiary/aromatic N) is 3. The Balaban J connectivity index is 1.62. The van der Waals surface area contributed by atoms with Crippen LogP contribution in [0.5, 0.6) is 5.75 Å². The Kier molecular flexibility index (Phi) is 5.43. The van der Waals surface area contributed by atoms with Crippen molar-refractivity contribution in [3.63, 3.8) is 0 Å². The molecule has 4 aromatic rings. The largest absolute Gasteiger partial charge is 0.437 e. The molecule has 2 aromatic heterocycles. The first-order valence-corrected chi connectivity index (χ1v) is 9.33. The summed E-state index contributed by atoms with van der Waals surface area (Å²) in [5.74, 6) is -0.724. The van der Waals surface area contributed by atoms with Crippen molar-refractivity contribution >= 4 is 23.4 Å². The van der Waals surface area contributed by atoms with E-state index in [2.05, 4.69) is 10.4 Å². The van der Waals surface area contributed by atoms with Gasteiger partial charge in [0, 0.05) is 17.4 Å². The molecule has 0 atom stereocenters. The Labute approximate surface area is 179 Å². The number of halogens is 4. The first-order chi connectivity index (χ1) is 14.8. The van der Waals surface area contributed by atoms with E-state index in [0.29, 0.717) is 21.1 Å². The molecule has 0 aliphatic heterocycles. The van der Waals surface area contributed by atoms with E-state index in [9.17, 15) is 18.0 Å². The summed E-state index contributed by atoms with van der Waals surface area (Å²) in [5, 5.41) is 6.59. The van der Waals surface area contributed by atoms with Gasteiger partial charge < -0.3 is 9.30 Å². The first kappa shape index (κ1) is 20.5. The van der Waals surface area contributed by atoms with Gasteiger partial charge in [0.2, 0.25) is 0 Å². The lowest BCUT2D eigenvalue weighted by Crippen LogP contribution is -2.21. The molecule has 0 saturated carbocycles. The maximum Gasteiger partial charge on any atom is 0.437 e. The molecule has 1 amide bonds. The molecule has 6 nitrogen and oxygen atoms in total. The molecule has 0 unspecified atom stereocenters. The van der Waals surface area contributed by atoms with Crippen molar-refractivity contribution in [2.75, 3.05) is 5.32 Å². The van der Waals surface area contributed by atoms with Crippen LogP contribution in [0.1, 0.15) is 5.69 Å². The lowest BCUT2D eigenvalue weighted by Gasteiger charge is -2.14. The SMILES string of the molecule is O=C(Nc1ccccc1-n1cccc1)Oc1cnn(-c2ccc(Cl)cc2)c1C(F)(F)F. The van der Waals surface area contributed by atoms with Crippen LogP contribution in [0.4, 0.5) is 23.7 Å². The Bertz CT molecular complexity index is 1200. The van der Waals surface area contributed by atoms with Gasteiger partial charge in [-0.25, -0.2) is 9.48 Å². The molecular weight excluding hydrogens is 433 g/mol. The van der Waals surface area contributed by atoms with Gasteiger partial charge in [-0.05, 0) is 48.5 Å². The molecule has 0 aliphatic rings. The van der Waals surface area contributed by atoms with Crippen LogP contribution in [0, 0.1) is 0 Å². The number of anilines is 1. The molecule has 4 rings (SSSR count). The fourth-order valence-corrected chi connectivity index (χ4v) is 3.11. The number of benzene rings is 2. The third-order valence-corrected chi connectivity index (χ3v) is 4.55. The Morgan fingerprint density at radius 3 is 2.35 bits per heavy atom. The van der Waals surface area contributed by atoms with Crippen LogP contribution in [0.3, 0.4) is 0 Å². The molecule has 158 valence electrons. The van der Waals surface area contributed by atoms with Crippen molar-refractivity contribution < 1.29 is 22.7 Å². The van der Waals surface area contributed by atoms with E-state index in [-0.39, 0.29) is 5.69 Å². The van der Waals surface area contributed by atoms with Crippen LogP contribution >= 0.6 is 11.6 Å². The molecule has 0 fully saturated rings. The molecule has 2 aromatic carbocycles.